The normalized spacial score (nSPS) is 14.4. The number of hydrogen-bond acceptors (Lipinski definition) is 2. The number of nitrogens with zero attached hydrogens (tertiary/aromatic N) is 1. The molecule has 1 fully saturated rings. The highest BCUT2D eigenvalue weighted by molar-refractivity contribution is 5.74. The number of carbonyl (C=O) groups is 1. The standard InChI is InChI=1S/C13H19N3O/c14-8-9-16(12-6-7-12)13(17)15-10-11-4-2-1-3-5-11/h1-5,12H,6-10,14H2,(H,15,17). The summed E-state index contributed by atoms with van der Waals surface area (Å²) in [6, 6.07) is 10.3. The van der Waals surface area contributed by atoms with Crippen LogP contribution in [0.25, 0.3) is 0 Å². The van der Waals surface area contributed by atoms with Crippen LogP contribution in [0.4, 0.5) is 4.79 Å². The zero-order valence-electron chi connectivity index (χ0n) is 9.93. The van der Waals surface area contributed by atoms with Crippen LogP contribution in [0.3, 0.4) is 0 Å². The summed E-state index contributed by atoms with van der Waals surface area (Å²) in [5.74, 6) is 0. The van der Waals surface area contributed by atoms with Gasteiger partial charge in [-0.05, 0) is 18.4 Å². The van der Waals surface area contributed by atoms with E-state index in [0.717, 1.165) is 18.4 Å². The number of rotatable bonds is 5. The van der Waals surface area contributed by atoms with Gasteiger partial charge in [-0.25, -0.2) is 4.79 Å². The van der Waals surface area contributed by atoms with Gasteiger partial charge < -0.3 is 16.0 Å². The van der Waals surface area contributed by atoms with Gasteiger partial charge in [0.15, 0.2) is 0 Å². The third-order valence-corrected chi connectivity index (χ3v) is 2.91. The van der Waals surface area contributed by atoms with Crippen LogP contribution in [0.2, 0.25) is 0 Å². The maximum absolute atomic E-state index is 11.9. The molecular formula is C13H19N3O. The highest BCUT2D eigenvalue weighted by atomic mass is 16.2. The molecule has 1 aromatic rings. The van der Waals surface area contributed by atoms with Crippen LogP contribution in [-0.2, 0) is 6.54 Å². The van der Waals surface area contributed by atoms with E-state index in [1.807, 2.05) is 35.2 Å². The van der Waals surface area contributed by atoms with Gasteiger partial charge in [0.05, 0.1) is 0 Å². The first-order valence-corrected chi connectivity index (χ1v) is 6.09. The van der Waals surface area contributed by atoms with Crippen LogP contribution in [0.1, 0.15) is 18.4 Å². The molecule has 0 radical (unpaired) electrons. The largest absolute Gasteiger partial charge is 0.334 e. The van der Waals surface area contributed by atoms with Crippen molar-refractivity contribution in [3.05, 3.63) is 35.9 Å². The van der Waals surface area contributed by atoms with E-state index in [9.17, 15) is 4.79 Å². The zero-order chi connectivity index (χ0) is 12.1. The van der Waals surface area contributed by atoms with Crippen molar-refractivity contribution in [1.29, 1.82) is 0 Å². The molecule has 0 spiro atoms. The van der Waals surface area contributed by atoms with Gasteiger partial charge in [0, 0.05) is 25.7 Å². The van der Waals surface area contributed by atoms with Gasteiger partial charge in [-0.3, -0.25) is 0 Å². The fourth-order valence-electron chi connectivity index (χ4n) is 1.85. The van der Waals surface area contributed by atoms with Gasteiger partial charge in [0.1, 0.15) is 0 Å². The molecule has 0 unspecified atom stereocenters. The molecule has 0 aliphatic heterocycles. The SMILES string of the molecule is NCCN(C(=O)NCc1ccccc1)C1CC1. The van der Waals surface area contributed by atoms with E-state index in [2.05, 4.69) is 5.32 Å². The number of urea groups is 1. The third-order valence-electron chi connectivity index (χ3n) is 2.91. The monoisotopic (exact) mass is 233 g/mol. The van der Waals surface area contributed by atoms with E-state index in [1.165, 1.54) is 0 Å². The summed E-state index contributed by atoms with van der Waals surface area (Å²) in [5, 5.41) is 2.94. The summed E-state index contributed by atoms with van der Waals surface area (Å²) in [7, 11) is 0. The van der Waals surface area contributed by atoms with Gasteiger partial charge in [-0.15, -0.1) is 0 Å². The van der Waals surface area contributed by atoms with E-state index >= 15 is 0 Å². The minimum Gasteiger partial charge on any atom is -0.334 e. The molecule has 2 amide bonds. The molecule has 0 saturated heterocycles. The predicted molar refractivity (Wildman–Crippen MR) is 67.5 cm³/mol. The third kappa shape index (κ3) is 3.46. The number of benzene rings is 1. The van der Waals surface area contributed by atoms with Crippen LogP contribution in [0, 0.1) is 0 Å². The molecule has 1 aliphatic rings. The van der Waals surface area contributed by atoms with Crippen molar-refractivity contribution in [2.24, 2.45) is 5.73 Å². The Bertz CT molecular complexity index is 362. The maximum Gasteiger partial charge on any atom is 0.317 e. The Hall–Kier alpha value is -1.55. The number of nitrogens with one attached hydrogen (secondary N) is 1. The summed E-state index contributed by atoms with van der Waals surface area (Å²) in [6.45, 7) is 1.74. The average molecular weight is 233 g/mol. The minimum absolute atomic E-state index is 0.00167. The lowest BCUT2D eigenvalue weighted by atomic mass is 10.2. The molecule has 1 aliphatic carbocycles. The molecule has 0 heterocycles. The second-order valence-electron chi connectivity index (χ2n) is 4.36. The second kappa shape index (κ2) is 5.68. The highest BCUT2D eigenvalue weighted by Crippen LogP contribution is 2.26. The average Bonchev–Trinajstić information content (AvgIpc) is 3.18. The molecular weight excluding hydrogens is 214 g/mol. The summed E-state index contributed by atoms with van der Waals surface area (Å²) in [5.41, 5.74) is 6.63. The summed E-state index contributed by atoms with van der Waals surface area (Å²) in [6.07, 6.45) is 2.22. The van der Waals surface area contributed by atoms with Gasteiger partial charge in [-0.1, -0.05) is 30.3 Å². The van der Waals surface area contributed by atoms with E-state index in [0.29, 0.717) is 25.7 Å². The number of hydrogen-bond donors (Lipinski definition) is 2. The molecule has 0 aromatic heterocycles. The molecule has 1 aromatic carbocycles. The topological polar surface area (TPSA) is 58.4 Å². The predicted octanol–water partition coefficient (Wildman–Crippen LogP) is 1.32. The number of carbonyl (C=O) groups excluding carboxylic acids is 1. The minimum atomic E-state index is 0.00167. The fraction of sp³-hybridized carbons (Fsp3) is 0.462. The van der Waals surface area contributed by atoms with Gasteiger partial charge >= 0.3 is 6.03 Å². The molecule has 0 atom stereocenters. The van der Waals surface area contributed by atoms with Gasteiger partial charge in [0.25, 0.3) is 0 Å². The van der Waals surface area contributed by atoms with Crippen molar-refractivity contribution >= 4 is 6.03 Å². The van der Waals surface area contributed by atoms with E-state index in [4.69, 9.17) is 5.73 Å². The van der Waals surface area contributed by atoms with Crippen molar-refractivity contribution in [2.45, 2.75) is 25.4 Å². The molecule has 2 rings (SSSR count). The Balaban J connectivity index is 1.83. The maximum atomic E-state index is 11.9. The molecule has 1 saturated carbocycles. The summed E-state index contributed by atoms with van der Waals surface area (Å²) < 4.78 is 0. The molecule has 17 heavy (non-hydrogen) atoms. The molecule has 4 heteroatoms. The van der Waals surface area contributed by atoms with Crippen LogP contribution < -0.4 is 11.1 Å². The molecule has 4 nitrogen and oxygen atoms in total. The summed E-state index contributed by atoms with van der Waals surface area (Å²) >= 11 is 0. The Kier molecular flexibility index (Phi) is 3.98. The smallest absolute Gasteiger partial charge is 0.317 e. The first-order valence-electron chi connectivity index (χ1n) is 6.09. The zero-order valence-corrected chi connectivity index (χ0v) is 9.93. The lowest BCUT2D eigenvalue weighted by Gasteiger charge is -2.22. The van der Waals surface area contributed by atoms with Crippen LogP contribution in [-0.4, -0.2) is 30.1 Å². The quantitative estimate of drug-likeness (QED) is 0.806. The van der Waals surface area contributed by atoms with Crippen molar-refractivity contribution in [1.82, 2.24) is 10.2 Å². The first-order chi connectivity index (χ1) is 8.31. The molecule has 0 bridgehead atoms. The van der Waals surface area contributed by atoms with E-state index < -0.39 is 0 Å². The number of nitrogens with two attached hydrogens (primary N) is 1. The molecule has 92 valence electrons. The summed E-state index contributed by atoms with van der Waals surface area (Å²) in [4.78, 5) is 13.8. The van der Waals surface area contributed by atoms with E-state index in [-0.39, 0.29) is 6.03 Å². The van der Waals surface area contributed by atoms with Crippen molar-refractivity contribution in [3.8, 4) is 0 Å². The second-order valence-corrected chi connectivity index (χ2v) is 4.36. The first kappa shape index (κ1) is 11.9. The lowest BCUT2D eigenvalue weighted by molar-refractivity contribution is 0.196. The Morgan fingerprint density at radius 2 is 2.06 bits per heavy atom. The van der Waals surface area contributed by atoms with Crippen LogP contribution in [0.5, 0.6) is 0 Å². The number of amides is 2. The highest BCUT2D eigenvalue weighted by Gasteiger charge is 2.31. The van der Waals surface area contributed by atoms with E-state index in [1.54, 1.807) is 0 Å². The van der Waals surface area contributed by atoms with Crippen LogP contribution in [0.15, 0.2) is 30.3 Å². The van der Waals surface area contributed by atoms with Gasteiger partial charge in [0.2, 0.25) is 0 Å². The molecule has 3 N–H and O–H groups in total. The lowest BCUT2D eigenvalue weighted by Crippen LogP contribution is -2.43. The Morgan fingerprint density at radius 3 is 2.65 bits per heavy atom. The Labute approximate surface area is 102 Å². The van der Waals surface area contributed by atoms with Crippen molar-refractivity contribution in [2.75, 3.05) is 13.1 Å². The Morgan fingerprint density at radius 1 is 1.35 bits per heavy atom. The van der Waals surface area contributed by atoms with Crippen LogP contribution >= 0.6 is 0 Å². The van der Waals surface area contributed by atoms with Crippen molar-refractivity contribution < 1.29 is 4.79 Å². The van der Waals surface area contributed by atoms with Gasteiger partial charge in [-0.2, -0.15) is 0 Å². The van der Waals surface area contributed by atoms with Crippen molar-refractivity contribution in [3.63, 3.8) is 0 Å². The fourth-order valence-corrected chi connectivity index (χ4v) is 1.85.